The topological polar surface area (TPSA) is 56.1 Å². The van der Waals surface area contributed by atoms with Gasteiger partial charge in [-0.1, -0.05) is 60.3 Å². The molecule has 0 aliphatic rings. The van der Waals surface area contributed by atoms with Gasteiger partial charge in [-0.15, -0.1) is 0 Å². The van der Waals surface area contributed by atoms with Gasteiger partial charge in [0.05, 0.1) is 0 Å². The Morgan fingerprint density at radius 3 is 1.83 bits per heavy atom. The third-order valence-electron chi connectivity index (χ3n) is 5.19. The van der Waals surface area contributed by atoms with Crippen molar-refractivity contribution in [2.24, 2.45) is 0 Å². The van der Waals surface area contributed by atoms with Crippen LogP contribution < -0.4 is 10.2 Å². The minimum absolute atomic E-state index is 0.0724. The minimum Gasteiger partial charge on any atom is -0.321 e. The lowest BCUT2D eigenvalue weighted by Crippen LogP contribution is -2.13. The van der Waals surface area contributed by atoms with Crippen molar-refractivity contribution in [2.45, 2.75) is 10.7 Å². The fourth-order valence-corrected chi connectivity index (χ4v) is 4.05. The van der Waals surface area contributed by atoms with Crippen molar-refractivity contribution in [1.82, 2.24) is 0 Å². The van der Waals surface area contributed by atoms with Crippen LogP contribution in [0.4, 0.5) is 31.5 Å². The number of anilines is 4. The van der Waals surface area contributed by atoms with Crippen LogP contribution in [0.15, 0.2) is 120 Å². The van der Waals surface area contributed by atoms with Crippen molar-refractivity contribution in [3.05, 3.63) is 120 Å². The standard InChI is InChI=1S/C29H21F2N3OS/c30-29(31)36-27-17-13-23(14-18-27)33-28(35)22(20-32)19-21-11-15-26(16-12-21)34(24-7-3-1-4-8-24)25-9-5-2-6-10-25/h1-19,29H,(H,33,35). The normalized spacial score (nSPS) is 11.1. The van der Waals surface area contributed by atoms with Crippen LogP contribution in [0.3, 0.4) is 0 Å². The number of hydrogen-bond acceptors (Lipinski definition) is 4. The fourth-order valence-electron chi connectivity index (χ4n) is 3.55. The highest BCUT2D eigenvalue weighted by atomic mass is 32.2. The first kappa shape index (κ1) is 24.7. The van der Waals surface area contributed by atoms with Crippen LogP contribution in [-0.4, -0.2) is 11.7 Å². The Morgan fingerprint density at radius 1 is 0.806 bits per heavy atom. The summed E-state index contributed by atoms with van der Waals surface area (Å²) in [5, 5.41) is 12.2. The van der Waals surface area contributed by atoms with Crippen molar-refractivity contribution in [3.8, 4) is 6.07 Å². The maximum atomic E-state index is 12.6. The number of nitrogens with one attached hydrogen (secondary N) is 1. The quantitative estimate of drug-likeness (QED) is 0.152. The second-order valence-corrected chi connectivity index (χ2v) is 8.69. The zero-order chi connectivity index (χ0) is 25.3. The molecule has 7 heteroatoms. The molecule has 0 aliphatic heterocycles. The Kier molecular flexibility index (Phi) is 8.12. The molecule has 0 aromatic heterocycles. The van der Waals surface area contributed by atoms with Crippen LogP contribution in [0, 0.1) is 11.3 Å². The first-order valence-corrected chi connectivity index (χ1v) is 11.9. The van der Waals surface area contributed by atoms with E-state index in [0.717, 1.165) is 17.1 Å². The van der Waals surface area contributed by atoms with Crippen molar-refractivity contribution in [1.29, 1.82) is 5.26 Å². The molecular weight excluding hydrogens is 476 g/mol. The summed E-state index contributed by atoms with van der Waals surface area (Å²) in [4.78, 5) is 15.1. The van der Waals surface area contributed by atoms with Crippen LogP contribution in [0.5, 0.6) is 0 Å². The van der Waals surface area contributed by atoms with Crippen LogP contribution in [0.25, 0.3) is 6.08 Å². The number of hydrogen-bond donors (Lipinski definition) is 1. The lowest BCUT2D eigenvalue weighted by atomic mass is 10.1. The van der Waals surface area contributed by atoms with E-state index in [0.29, 0.717) is 27.9 Å². The molecule has 0 aliphatic carbocycles. The van der Waals surface area contributed by atoms with Crippen molar-refractivity contribution in [3.63, 3.8) is 0 Å². The summed E-state index contributed by atoms with van der Waals surface area (Å²) in [5.74, 6) is -3.09. The fraction of sp³-hybridized carbons (Fsp3) is 0.0345. The average Bonchev–Trinajstić information content (AvgIpc) is 2.90. The van der Waals surface area contributed by atoms with Gasteiger partial charge in [-0.05, 0) is 72.3 Å². The summed E-state index contributed by atoms with van der Waals surface area (Å²) in [5.41, 5.74) is 3.96. The zero-order valence-corrected chi connectivity index (χ0v) is 19.8. The van der Waals surface area contributed by atoms with Gasteiger partial charge in [0.25, 0.3) is 11.7 Å². The van der Waals surface area contributed by atoms with Crippen molar-refractivity contribution < 1.29 is 13.6 Å². The average molecular weight is 498 g/mol. The number of nitriles is 1. The molecule has 0 atom stereocenters. The molecule has 0 radical (unpaired) electrons. The summed E-state index contributed by atoms with van der Waals surface area (Å²) in [6, 6.07) is 35.4. The number of rotatable bonds is 8. The van der Waals surface area contributed by atoms with E-state index < -0.39 is 11.7 Å². The largest absolute Gasteiger partial charge is 0.321 e. The highest BCUT2D eigenvalue weighted by Crippen LogP contribution is 2.34. The molecule has 4 nitrogen and oxygen atoms in total. The summed E-state index contributed by atoms with van der Waals surface area (Å²) < 4.78 is 25.0. The monoisotopic (exact) mass is 497 g/mol. The molecule has 0 spiro atoms. The molecule has 0 heterocycles. The molecule has 1 amide bonds. The van der Waals surface area contributed by atoms with Gasteiger partial charge in [0.1, 0.15) is 11.6 Å². The predicted molar refractivity (Wildman–Crippen MR) is 142 cm³/mol. The number of carbonyl (C=O) groups excluding carboxylic acids is 1. The molecule has 4 aromatic rings. The van der Waals surface area contributed by atoms with Gasteiger partial charge in [0.15, 0.2) is 0 Å². The van der Waals surface area contributed by atoms with E-state index in [4.69, 9.17) is 0 Å². The molecule has 0 unspecified atom stereocenters. The second kappa shape index (κ2) is 11.8. The van der Waals surface area contributed by atoms with E-state index in [2.05, 4.69) is 10.2 Å². The number of benzene rings is 4. The number of nitrogens with zero attached hydrogens (tertiary/aromatic N) is 2. The zero-order valence-electron chi connectivity index (χ0n) is 19.0. The van der Waals surface area contributed by atoms with Gasteiger partial charge in [0, 0.05) is 27.6 Å². The SMILES string of the molecule is N#CC(=Cc1ccc(N(c2ccccc2)c2ccccc2)cc1)C(=O)Nc1ccc(SC(F)F)cc1. The second-order valence-electron chi connectivity index (χ2n) is 7.62. The highest BCUT2D eigenvalue weighted by molar-refractivity contribution is 7.99. The third kappa shape index (κ3) is 6.38. The van der Waals surface area contributed by atoms with E-state index in [1.165, 1.54) is 30.3 Å². The number of alkyl halides is 2. The number of carbonyl (C=O) groups is 1. The van der Waals surface area contributed by atoms with Gasteiger partial charge >= 0.3 is 0 Å². The van der Waals surface area contributed by atoms with E-state index in [-0.39, 0.29) is 5.57 Å². The van der Waals surface area contributed by atoms with Gasteiger partial charge in [-0.2, -0.15) is 14.0 Å². The maximum absolute atomic E-state index is 12.6. The first-order valence-electron chi connectivity index (χ1n) is 11.0. The van der Waals surface area contributed by atoms with E-state index in [1.807, 2.05) is 91.0 Å². The van der Waals surface area contributed by atoms with Gasteiger partial charge in [-0.25, -0.2) is 0 Å². The van der Waals surface area contributed by atoms with Gasteiger partial charge < -0.3 is 10.2 Å². The van der Waals surface area contributed by atoms with E-state index in [1.54, 1.807) is 0 Å². The summed E-state index contributed by atoms with van der Waals surface area (Å²) in [6.07, 6.45) is 1.51. The van der Waals surface area contributed by atoms with Crippen molar-refractivity contribution in [2.75, 3.05) is 10.2 Å². The van der Waals surface area contributed by atoms with Crippen LogP contribution in [0.1, 0.15) is 5.56 Å². The lowest BCUT2D eigenvalue weighted by Gasteiger charge is -2.25. The molecule has 4 aromatic carbocycles. The Labute approximate surface area is 212 Å². The molecule has 0 saturated carbocycles. The number of para-hydroxylation sites is 2. The third-order valence-corrected chi connectivity index (χ3v) is 5.92. The molecule has 1 N–H and O–H groups in total. The lowest BCUT2D eigenvalue weighted by molar-refractivity contribution is -0.112. The highest BCUT2D eigenvalue weighted by Gasteiger charge is 2.13. The van der Waals surface area contributed by atoms with E-state index in [9.17, 15) is 18.8 Å². The predicted octanol–water partition coefficient (Wildman–Crippen LogP) is 8.02. The van der Waals surface area contributed by atoms with Crippen LogP contribution >= 0.6 is 11.8 Å². The number of thioether (sulfide) groups is 1. The maximum Gasteiger partial charge on any atom is 0.288 e. The van der Waals surface area contributed by atoms with Gasteiger partial charge in [-0.3, -0.25) is 4.79 Å². The molecule has 0 saturated heterocycles. The smallest absolute Gasteiger partial charge is 0.288 e. The molecule has 178 valence electrons. The van der Waals surface area contributed by atoms with Crippen LogP contribution in [-0.2, 0) is 4.79 Å². The number of amides is 1. The summed E-state index contributed by atoms with van der Waals surface area (Å²) >= 11 is 0.426. The molecule has 4 rings (SSSR count). The summed E-state index contributed by atoms with van der Waals surface area (Å²) in [7, 11) is 0. The van der Waals surface area contributed by atoms with Crippen LogP contribution in [0.2, 0.25) is 0 Å². The Balaban J connectivity index is 1.53. The Bertz CT molecular complexity index is 1330. The Morgan fingerprint density at radius 2 is 1.33 bits per heavy atom. The Hall–Kier alpha value is -4.41. The first-order chi connectivity index (χ1) is 17.5. The molecule has 36 heavy (non-hydrogen) atoms. The molecule has 0 bridgehead atoms. The molecular formula is C29H21F2N3OS. The minimum atomic E-state index is -2.52. The number of halogens is 2. The van der Waals surface area contributed by atoms with Crippen molar-refractivity contribution >= 4 is 46.5 Å². The molecule has 0 fully saturated rings. The van der Waals surface area contributed by atoms with Gasteiger partial charge in [0.2, 0.25) is 0 Å². The summed E-state index contributed by atoms with van der Waals surface area (Å²) in [6.45, 7) is 0. The van der Waals surface area contributed by atoms with E-state index >= 15 is 0 Å².